The molecular formula is C13H17FN4. The summed E-state index contributed by atoms with van der Waals surface area (Å²) in [4.78, 5) is 0. The summed E-state index contributed by atoms with van der Waals surface area (Å²) in [6, 6.07) is 4.35. The van der Waals surface area contributed by atoms with Gasteiger partial charge in [-0.2, -0.15) is 5.10 Å². The second-order valence-corrected chi connectivity index (χ2v) is 4.36. The van der Waals surface area contributed by atoms with Crippen LogP contribution in [0.3, 0.4) is 0 Å². The minimum atomic E-state index is -0.327. The zero-order valence-corrected chi connectivity index (χ0v) is 10.8. The predicted octanol–water partition coefficient (Wildman–Crippen LogP) is 2.37. The van der Waals surface area contributed by atoms with Gasteiger partial charge in [0.05, 0.1) is 17.1 Å². The Morgan fingerprint density at radius 3 is 2.67 bits per heavy atom. The third-order valence-electron chi connectivity index (χ3n) is 3.13. The molecule has 0 aliphatic rings. The first-order chi connectivity index (χ1) is 8.49. The number of halogens is 1. The first kappa shape index (κ1) is 12.4. The van der Waals surface area contributed by atoms with Crippen molar-refractivity contribution >= 4 is 11.4 Å². The van der Waals surface area contributed by atoms with Crippen LogP contribution in [0.25, 0.3) is 0 Å². The molecule has 0 saturated heterocycles. The summed E-state index contributed by atoms with van der Waals surface area (Å²) in [5.74, 6) is -0.327. The third kappa shape index (κ3) is 2.30. The van der Waals surface area contributed by atoms with E-state index in [9.17, 15) is 4.39 Å². The van der Waals surface area contributed by atoms with Gasteiger partial charge in [0.1, 0.15) is 5.82 Å². The highest BCUT2D eigenvalue weighted by molar-refractivity contribution is 5.66. The number of nitrogen functional groups attached to an aromatic ring is 1. The molecule has 18 heavy (non-hydrogen) atoms. The lowest BCUT2D eigenvalue weighted by Gasteiger charge is -2.09. The van der Waals surface area contributed by atoms with Gasteiger partial charge in [0, 0.05) is 24.8 Å². The van der Waals surface area contributed by atoms with Gasteiger partial charge in [-0.15, -0.1) is 0 Å². The fraction of sp³-hybridized carbons (Fsp3) is 0.308. The van der Waals surface area contributed by atoms with E-state index in [1.165, 1.54) is 12.1 Å². The van der Waals surface area contributed by atoms with E-state index in [0.29, 0.717) is 12.2 Å². The lowest BCUT2D eigenvalue weighted by molar-refractivity contribution is 0.628. The highest BCUT2D eigenvalue weighted by Crippen LogP contribution is 2.21. The second-order valence-electron chi connectivity index (χ2n) is 4.36. The Balaban J connectivity index is 2.16. The SMILES string of the molecule is Cc1nn(C)c(C)c1CNc1ccc(F)cc1N. The van der Waals surface area contributed by atoms with Gasteiger partial charge in [-0.05, 0) is 32.0 Å². The predicted molar refractivity (Wildman–Crippen MR) is 70.8 cm³/mol. The molecule has 0 amide bonds. The molecule has 2 rings (SSSR count). The van der Waals surface area contributed by atoms with Crippen molar-refractivity contribution in [2.24, 2.45) is 7.05 Å². The van der Waals surface area contributed by atoms with Crippen molar-refractivity contribution < 1.29 is 4.39 Å². The summed E-state index contributed by atoms with van der Waals surface area (Å²) in [6.45, 7) is 4.62. The van der Waals surface area contributed by atoms with Crippen molar-refractivity contribution in [3.05, 3.63) is 41.0 Å². The monoisotopic (exact) mass is 248 g/mol. The normalized spacial score (nSPS) is 10.7. The number of hydrogen-bond acceptors (Lipinski definition) is 3. The maximum Gasteiger partial charge on any atom is 0.125 e. The summed E-state index contributed by atoms with van der Waals surface area (Å²) >= 11 is 0. The van der Waals surface area contributed by atoms with Crippen LogP contribution < -0.4 is 11.1 Å². The highest BCUT2D eigenvalue weighted by Gasteiger charge is 2.09. The van der Waals surface area contributed by atoms with Crippen LogP contribution in [-0.2, 0) is 13.6 Å². The summed E-state index contributed by atoms with van der Waals surface area (Å²) in [5, 5.41) is 7.55. The van der Waals surface area contributed by atoms with Gasteiger partial charge in [0.2, 0.25) is 0 Å². The van der Waals surface area contributed by atoms with Gasteiger partial charge in [0.25, 0.3) is 0 Å². The van der Waals surface area contributed by atoms with Gasteiger partial charge >= 0.3 is 0 Å². The molecule has 3 N–H and O–H groups in total. The second kappa shape index (κ2) is 4.68. The highest BCUT2D eigenvalue weighted by atomic mass is 19.1. The molecule has 1 aromatic heterocycles. The van der Waals surface area contributed by atoms with Crippen LogP contribution in [0.2, 0.25) is 0 Å². The molecule has 0 atom stereocenters. The number of nitrogens with two attached hydrogens (primary N) is 1. The van der Waals surface area contributed by atoms with E-state index >= 15 is 0 Å². The molecule has 0 aliphatic carbocycles. The number of nitrogens with one attached hydrogen (secondary N) is 1. The number of aryl methyl sites for hydroxylation is 2. The molecule has 2 aromatic rings. The van der Waals surface area contributed by atoms with E-state index in [2.05, 4.69) is 10.4 Å². The quantitative estimate of drug-likeness (QED) is 0.820. The summed E-state index contributed by atoms with van der Waals surface area (Å²) in [5.41, 5.74) is 10.1. The number of nitrogens with zero attached hydrogens (tertiary/aromatic N) is 2. The van der Waals surface area contributed by atoms with Crippen molar-refractivity contribution in [2.75, 3.05) is 11.1 Å². The number of benzene rings is 1. The molecule has 0 radical (unpaired) electrons. The molecule has 4 nitrogen and oxygen atoms in total. The molecule has 0 bridgehead atoms. The van der Waals surface area contributed by atoms with Crippen LogP contribution in [-0.4, -0.2) is 9.78 Å². The maximum atomic E-state index is 12.9. The number of anilines is 2. The summed E-state index contributed by atoms with van der Waals surface area (Å²) < 4.78 is 14.8. The zero-order chi connectivity index (χ0) is 13.3. The van der Waals surface area contributed by atoms with Crippen molar-refractivity contribution in [2.45, 2.75) is 20.4 Å². The smallest absolute Gasteiger partial charge is 0.125 e. The van der Waals surface area contributed by atoms with Gasteiger partial charge in [-0.1, -0.05) is 0 Å². The van der Waals surface area contributed by atoms with E-state index in [1.807, 2.05) is 25.6 Å². The molecule has 96 valence electrons. The lowest BCUT2D eigenvalue weighted by atomic mass is 10.2. The first-order valence-electron chi connectivity index (χ1n) is 5.77. The summed E-state index contributed by atoms with van der Waals surface area (Å²) in [6.07, 6.45) is 0. The standard InChI is InChI=1S/C13H17FN4/c1-8-11(9(2)18(3)17-8)7-16-13-5-4-10(14)6-12(13)15/h4-6,16H,7,15H2,1-3H3. The Labute approximate surface area is 106 Å². The van der Waals surface area contributed by atoms with Crippen LogP contribution >= 0.6 is 0 Å². The molecule has 0 aliphatic heterocycles. The molecule has 5 heteroatoms. The lowest BCUT2D eigenvalue weighted by Crippen LogP contribution is -2.04. The maximum absolute atomic E-state index is 12.9. The van der Waals surface area contributed by atoms with E-state index in [4.69, 9.17) is 5.73 Å². The molecule has 1 heterocycles. The molecule has 0 unspecified atom stereocenters. The largest absolute Gasteiger partial charge is 0.397 e. The van der Waals surface area contributed by atoms with Gasteiger partial charge in [-0.25, -0.2) is 4.39 Å². The van der Waals surface area contributed by atoms with Gasteiger partial charge in [-0.3, -0.25) is 4.68 Å². The van der Waals surface area contributed by atoms with Crippen molar-refractivity contribution in [3.8, 4) is 0 Å². The van der Waals surface area contributed by atoms with Crippen LogP contribution in [0.15, 0.2) is 18.2 Å². The minimum Gasteiger partial charge on any atom is -0.397 e. The molecular weight excluding hydrogens is 231 g/mol. The Bertz CT molecular complexity index is 575. The zero-order valence-electron chi connectivity index (χ0n) is 10.8. The van der Waals surface area contributed by atoms with Crippen molar-refractivity contribution in [1.82, 2.24) is 9.78 Å². The average Bonchev–Trinajstić information content (AvgIpc) is 2.53. The van der Waals surface area contributed by atoms with Crippen molar-refractivity contribution in [1.29, 1.82) is 0 Å². The van der Waals surface area contributed by atoms with Gasteiger partial charge in [0.15, 0.2) is 0 Å². The van der Waals surface area contributed by atoms with E-state index in [1.54, 1.807) is 6.07 Å². The van der Waals surface area contributed by atoms with Crippen LogP contribution in [0, 0.1) is 19.7 Å². The van der Waals surface area contributed by atoms with Crippen molar-refractivity contribution in [3.63, 3.8) is 0 Å². The first-order valence-corrected chi connectivity index (χ1v) is 5.77. The minimum absolute atomic E-state index is 0.327. The van der Waals surface area contributed by atoms with Crippen LogP contribution in [0.5, 0.6) is 0 Å². The Morgan fingerprint density at radius 1 is 1.39 bits per heavy atom. The van der Waals surface area contributed by atoms with Crippen LogP contribution in [0.4, 0.5) is 15.8 Å². The van der Waals surface area contributed by atoms with E-state index in [0.717, 1.165) is 22.6 Å². The fourth-order valence-electron chi connectivity index (χ4n) is 1.95. The third-order valence-corrected chi connectivity index (χ3v) is 3.13. The molecule has 0 saturated carbocycles. The summed E-state index contributed by atoms with van der Waals surface area (Å²) in [7, 11) is 1.91. The van der Waals surface area contributed by atoms with E-state index < -0.39 is 0 Å². The topological polar surface area (TPSA) is 55.9 Å². The number of aromatic nitrogens is 2. The fourth-order valence-corrected chi connectivity index (χ4v) is 1.95. The Kier molecular flexibility index (Phi) is 3.23. The Morgan fingerprint density at radius 2 is 2.11 bits per heavy atom. The number of rotatable bonds is 3. The molecule has 0 spiro atoms. The number of hydrogen-bond donors (Lipinski definition) is 2. The average molecular weight is 248 g/mol. The van der Waals surface area contributed by atoms with E-state index in [-0.39, 0.29) is 5.82 Å². The molecule has 0 fully saturated rings. The Hall–Kier alpha value is -2.04. The van der Waals surface area contributed by atoms with Gasteiger partial charge < -0.3 is 11.1 Å². The molecule has 1 aromatic carbocycles. The van der Waals surface area contributed by atoms with Crippen LogP contribution in [0.1, 0.15) is 17.0 Å².